The number of carbonyl (C=O) groups is 1. The quantitative estimate of drug-likeness (QED) is 0.240. The molecule has 0 saturated carbocycles. The Bertz CT molecular complexity index is 1360. The van der Waals surface area contributed by atoms with E-state index in [9.17, 15) is 22.0 Å². The molecule has 0 spiro atoms. The monoisotopic (exact) mass is 531 g/mol. The van der Waals surface area contributed by atoms with E-state index in [1.54, 1.807) is 0 Å². The summed E-state index contributed by atoms with van der Waals surface area (Å²) in [6, 6.07) is 17.2. The first-order valence-corrected chi connectivity index (χ1v) is 13.3. The van der Waals surface area contributed by atoms with Gasteiger partial charge in [0, 0.05) is 13.2 Å². The Labute approximate surface area is 213 Å². The minimum Gasteiger partial charge on any atom is -0.494 e. The van der Waals surface area contributed by atoms with Gasteiger partial charge in [0.1, 0.15) is 5.75 Å². The highest BCUT2D eigenvalue weighted by atomic mass is 32.2. The maximum atomic E-state index is 13.6. The second-order valence-electron chi connectivity index (χ2n) is 8.80. The van der Waals surface area contributed by atoms with Gasteiger partial charge in [0.2, 0.25) is 0 Å². The highest BCUT2D eigenvalue weighted by molar-refractivity contribution is 7.93. The van der Waals surface area contributed by atoms with Crippen molar-refractivity contribution in [1.29, 1.82) is 0 Å². The van der Waals surface area contributed by atoms with Gasteiger partial charge in [0.15, 0.2) is 26.2 Å². The number of ether oxygens (including phenoxy) is 2. The molecule has 1 aliphatic heterocycles. The summed E-state index contributed by atoms with van der Waals surface area (Å²) in [6.45, 7) is 0.560. The molecule has 2 N–H and O–H groups in total. The largest absolute Gasteiger partial charge is 0.494 e. The number of sulfone groups is 1. The van der Waals surface area contributed by atoms with E-state index in [0.717, 1.165) is 17.2 Å². The first-order valence-electron chi connectivity index (χ1n) is 11.8. The fourth-order valence-electron chi connectivity index (χ4n) is 4.41. The molecule has 0 radical (unpaired) electrons. The van der Waals surface area contributed by atoms with E-state index in [1.165, 1.54) is 41.9 Å². The number of benzene rings is 3. The van der Waals surface area contributed by atoms with Crippen molar-refractivity contribution in [2.75, 3.05) is 19.8 Å². The van der Waals surface area contributed by atoms with Crippen LogP contribution in [-0.2, 0) is 25.8 Å². The lowest BCUT2D eigenvalue weighted by atomic mass is 9.98. The summed E-state index contributed by atoms with van der Waals surface area (Å²) in [7, 11) is -4.10. The number of nitrogens with one attached hydrogen (secondary N) is 1. The lowest BCUT2D eigenvalue weighted by Gasteiger charge is -2.34. The topological polar surface area (TPSA) is 102 Å². The zero-order chi connectivity index (χ0) is 26.5. The van der Waals surface area contributed by atoms with Crippen molar-refractivity contribution in [3.05, 3.63) is 83.9 Å². The van der Waals surface area contributed by atoms with Gasteiger partial charge in [-0.05, 0) is 78.8 Å². The number of carbonyl (C=O) groups excluding carboxylic acids is 1. The highest BCUT2D eigenvalue weighted by Gasteiger charge is 2.52. The lowest BCUT2D eigenvalue weighted by molar-refractivity contribution is -0.134. The second kappa shape index (κ2) is 11.4. The second-order valence-corrected chi connectivity index (χ2v) is 11.1. The summed E-state index contributed by atoms with van der Waals surface area (Å²) in [5, 5.41) is 9.15. The van der Waals surface area contributed by atoms with Crippen LogP contribution >= 0.6 is 0 Å². The van der Waals surface area contributed by atoms with Crippen LogP contribution in [0, 0.1) is 11.6 Å². The van der Waals surface area contributed by atoms with Gasteiger partial charge in [-0.25, -0.2) is 22.7 Å². The molecule has 37 heavy (non-hydrogen) atoms. The fourth-order valence-corrected chi connectivity index (χ4v) is 6.35. The van der Waals surface area contributed by atoms with Crippen LogP contribution in [0.25, 0.3) is 11.1 Å². The maximum absolute atomic E-state index is 13.6. The van der Waals surface area contributed by atoms with E-state index < -0.39 is 32.1 Å². The molecule has 1 aliphatic rings. The molecule has 1 heterocycles. The molecule has 1 fully saturated rings. The average Bonchev–Trinajstić information content (AvgIpc) is 2.93. The summed E-state index contributed by atoms with van der Waals surface area (Å²) in [5.41, 5.74) is 3.88. The van der Waals surface area contributed by atoms with Crippen LogP contribution in [0.4, 0.5) is 8.78 Å². The Balaban J connectivity index is 1.36. The van der Waals surface area contributed by atoms with Crippen molar-refractivity contribution in [2.24, 2.45) is 0 Å². The van der Waals surface area contributed by atoms with Gasteiger partial charge >= 0.3 is 0 Å². The zero-order valence-corrected chi connectivity index (χ0v) is 20.8. The maximum Gasteiger partial charge on any atom is 0.265 e. The number of hydrogen-bond donors (Lipinski definition) is 2. The molecule has 0 aliphatic carbocycles. The van der Waals surface area contributed by atoms with Crippen LogP contribution in [-0.4, -0.2) is 44.1 Å². The van der Waals surface area contributed by atoms with E-state index in [0.29, 0.717) is 30.8 Å². The van der Waals surface area contributed by atoms with Gasteiger partial charge in [-0.2, -0.15) is 0 Å². The van der Waals surface area contributed by atoms with Crippen molar-refractivity contribution >= 4 is 15.7 Å². The number of rotatable bonds is 9. The van der Waals surface area contributed by atoms with Gasteiger partial charge < -0.3 is 9.47 Å². The van der Waals surface area contributed by atoms with E-state index in [1.807, 2.05) is 24.3 Å². The molecule has 7 nitrogen and oxygen atoms in total. The summed E-state index contributed by atoms with van der Waals surface area (Å²) >= 11 is 0. The Morgan fingerprint density at radius 3 is 2.35 bits per heavy atom. The molecule has 10 heteroatoms. The molecule has 4 rings (SSSR count). The van der Waals surface area contributed by atoms with Gasteiger partial charge in [0.25, 0.3) is 5.91 Å². The van der Waals surface area contributed by atoms with Crippen molar-refractivity contribution in [2.45, 2.75) is 35.3 Å². The van der Waals surface area contributed by atoms with Gasteiger partial charge in [-0.15, -0.1) is 0 Å². The van der Waals surface area contributed by atoms with E-state index >= 15 is 0 Å². The summed E-state index contributed by atoms with van der Waals surface area (Å²) in [6.07, 6.45) is 1.24. The number of hydroxylamine groups is 1. The molecule has 0 bridgehead atoms. The van der Waals surface area contributed by atoms with Crippen molar-refractivity contribution in [1.82, 2.24) is 5.48 Å². The Morgan fingerprint density at radius 1 is 0.973 bits per heavy atom. The molecule has 3 aromatic carbocycles. The minimum absolute atomic E-state index is 0.0422. The van der Waals surface area contributed by atoms with Crippen molar-refractivity contribution in [3.63, 3.8) is 0 Å². The summed E-state index contributed by atoms with van der Waals surface area (Å²) in [4.78, 5) is 12.3. The Morgan fingerprint density at radius 2 is 1.68 bits per heavy atom. The molecular formula is C27H27F2NO6S. The predicted octanol–water partition coefficient (Wildman–Crippen LogP) is 4.47. The summed E-state index contributed by atoms with van der Waals surface area (Å²) in [5.74, 6) is -2.27. The molecule has 0 aromatic heterocycles. The van der Waals surface area contributed by atoms with E-state index in [-0.39, 0.29) is 31.0 Å². The first kappa shape index (κ1) is 26.7. The number of aryl methyl sites for hydroxylation is 1. The fraction of sp³-hybridized carbons (Fsp3) is 0.296. The van der Waals surface area contributed by atoms with Gasteiger partial charge in [0.05, 0.1) is 11.5 Å². The molecule has 0 unspecified atom stereocenters. The van der Waals surface area contributed by atoms with Crippen molar-refractivity contribution < 1.29 is 36.7 Å². The zero-order valence-electron chi connectivity index (χ0n) is 20.0. The van der Waals surface area contributed by atoms with Crippen LogP contribution in [0.2, 0.25) is 0 Å². The Hall–Kier alpha value is -3.34. The van der Waals surface area contributed by atoms with Crippen LogP contribution in [0.5, 0.6) is 5.75 Å². The molecular weight excluding hydrogens is 504 g/mol. The highest BCUT2D eigenvalue weighted by Crippen LogP contribution is 2.35. The third-order valence-corrected chi connectivity index (χ3v) is 9.04. The molecule has 1 saturated heterocycles. The van der Waals surface area contributed by atoms with Crippen LogP contribution in [0.3, 0.4) is 0 Å². The lowest BCUT2D eigenvalue weighted by Crippen LogP contribution is -2.54. The smallest absolute Gasteiger partial charge is 0.265 e. The predicted molar refractivity (Wildman–Crippen MR) is 132 cm³/mol. The SMILES string of the molecule is O=C(NO)C1(S(=O)(=O)c2ccc(OCCCc3cccc(-c4ccc(F)c(F)c4)c3)cc2)CCOCC1. The number of amides is 1. The molecule has 0 atom stereocenters. The van der Waals surface area contributed by atoms with Crippen LogP contribution < -0.4 is 10.2 Å². The molecule has 196 valence electrons. The van der Waals surface area contributed by atoms with Crippen LogP contribution in [0.1, 0.15) is 24.8 Å². The standard InChI is InChI=1S/C27H27F2NO6S/c28-24-11-6-21(18-25(24)29)20-5-1-3-19(17-20)4-2-14-36-22-7-9-23(10-8-22)37(33,34)27(26(31)30-32)12-15-35-16-13-27/h1,3,5-11,17-18,32H,2,4,12-16H2,(H,30,31). The number of halogens is 2. The van der Waals surface area contributed by atoms with Gasteiger partial charge in [-0.3, -0.25) is 10.0 Å². The normalized spacial score (nSPS) is 15.2. The first-order chi connectivity index (χ1) is 17.8. The minimum atomic E-state index is -4.10. The number of hydrogen-bond acceptors (Lipinski definition) is 6. The summed E-state index contributed by atoms with van der Waals surface area (Å²) < 4.78 is 62.6. The van der Waals surface area contributed by atoms with E-state index in [4.69, 9.17) is 14.7 Å². The van der Waals surface area contributed by atoms with E-state index in [2.05, 4.69) is 0 Å². The third kappa shape index (κ3) is 5.66. The van der Waals surface area contributed by atoms with Gasteiger partial charge in [-0.1, -0.05) is 30.3 Å². The third-order valence-electron chi connectivity index (χ3n) is 6.52. The van der Waals surface area contributed by atoms with Crippen molar-refractivity contribution in [3.8, 4) is 16.9 Å². The van der Waals surface area contributed by atoms with Crippen LogP contribution in [0.15, 0.2) is 71.6 Å². The Kier molecular flexibility index (Phi) is 8.21. The molecule has 1 amide bonds. The molecule has 3 aromatic rings. The average molecular weight is 532 g/mol.